The molecule has 2 aromatic rings. The van der Waals surface area contributed by atoms with Crippen molar-refractivity contribution in [2.45, 2.75) is 32.2 Å². The summed E-state index contributed by atoms with van der Waals surface area (Å²) in [7, 11) is 0. The minimum absolute atomic E-state index is 0.000522. The molecule has 0 saturated heterocycles. The van der Waals surface area contributed by atoms with Gasteiger partial charge in [-0.05, 0) is 36.6 Å². The van der Waals surface area contributed by atoms with E-state index in [4.69, 9.17) is 4.74 Å². The summed E-state index contributed by atoms with van der Waals surface area (Å²) in [4.78, 5) is 24.3. The van der Waals surface area contributed by atoms with E-state index in [1.807, 2.05) is 30.3 Å². The number of benzene rings is 2. The molecule has 24 heavy (non-hydrogen) atoms. The normalized spacial score (nSPS) is 14.3. The lowest BCUT2D eigenvalue weighted by atomic mass is 10.1. The fourth-order valence-corrected chi connectivity index (χ4v) is 2.94. The zero-order valence-corrected chi connectivity index (χ0v) is 13.5. The van der Waals surface area contributed by atoms with Crippen molar-refractivity contribution in [3.8, 4) is 5.75 Å². The van der Waals surface area contributed by atoms with Gasteiger partial charge in [0, 0.05) is 12.1 Å². The van der Waals surface area contributed by atoms with Crippen molar-refractivity contribution in [1.29, 1.82) is 0 Å². The maximum Gasteiger partial charge on any atom is 0.314 e. The van der Waals surface area contributed by atoms with E-state index in [2.05, 4.69) is 5.32 Å². The van der Waals surface area contributed by atoms with Crippen LogP contribution in [0.5, 0.6) is 5.75 Å². The Morgan fingerprint density at radius 2 is 1.75 bits per heavy atom. The van der Waals surface area contributed by atoms with Gasteiger partial charge in [0.05, 0.1) is 5.92 Å². The lowest BCUT2D eigenvalue weighted by molar-refractivity contribution is -0.138. The molecule has 0 atom stereocenters. The van der Waals surface area contributed by atoms with Crippen LogP contribution in [0.1, 0.15) is 41.6 Å². The van der Waals surface area contributed by atoms with Gasteiger partial charge in [-0.15, -0.1) is 0 Å². The third kappa shape index (κ3) is 4.22. The molecule has 1 aliphatic rings. The summed E-state index contributed by atoms with van der Waals surface area (Å²) in [5, 5.41) is 2.87. The molecular weight excluding hydrogens is 302 g/mol. The second-order valence-electron chi connectivity index (χ2n) is 6.10. The molecule has 1 amide bonds. The van der Waals surface area contributed by atoms with Gasteiger partial charge in [0.15, 0.2) is 0 Å². The van der Waals surface area contributed by atoms with E-state index in [1.54, 1.807) is 24.3 Å². The van der Waals surface area contributed by atoms with Crippen LogP contribution < -0.4 is 10.1 Å². The fourth-order valence-electron chi connectivity index (χ4n) is 2.94. The third-order valence-electron chi connectivity index (χ3n) is 4.30. The molecule has 4 heteroatoms. The smallest absolute Gasteiger partial charge is 0.314 e. The molecule has 0 radical (unpaired) electrons. The average molecular weight is 323 g/mol. The summed E-state index contributed by atoms with van der Waals surface area (Å²) in [5.41, 5.74) is 1.53. The predicted molar refractivity (Wildman–Crippen MR) is 91.6 cm³/mol. The summed E-state index contributed by atoms with van der Waals surface area (Å²) in [6.45, 7) is 0.464. The second-order valence-corrected chi connectivity index (χ2v) is 6.10. The highest BCUT2D eigenvalue weighted by atomic mass is 16.5. The molecule has 3 rings (SSSR count). The lowest BCUT2D eigenvalue weighted by Crippen LogP contribution is -2.23. The first-order valence-electron chi connectivity index (χ1n) is 8.36. The van der Waals surface area contributed by atoms with Gasteiger partial charge >= 0.3 is 5.97 Å². The number of hydrogen-bond donors (Lipinski definition) is 1. The lowest BCUT2D eigenvalue weighted by Gasteiger charge is -2.10. The van der Waals surface area contributed by atoms with E-state index in [9.17, 15) is 9.59 Å². The van der Waals surface area contributed by atoms with Crippen LogP contribution in [-0.4, -0.2) is 11.9 Å². The highest BCUT2D eigenvalue weighted by Gasteiger charge is 2.24. The number of carbonyl (C=O) groups is 2. The first-order chi connectivity index (χ1) is 11.7. The van der Waals surface area contributed by atoms with Crippen LogP contribution in [-0.2, 0) is 11.3 Å². The molecule has 4 nitrogen and oxygen atoms in total. The molecule has 1 fully saturated rings. The molecule has 0 unspecified atom stereocenters. The summed E-state index contributed by atoms with van der Waals surface area (Å²) in [5.74, 6) is 0.0618. The van der Waals surface area contributed by atoms with Crippen LogP contribution in [0.3, 0.4) is 0 Å². The quantitative estimate of drug-likeness (QED) is 0.674. The van der Waals surface area contributed by atoms with E-state index in [-0.39, 0.29) is 17.8 Å². The molecule has 124 valence electrons. The summed E-state index contributed by atoms with van der Waals surface area (Å²) in [6, 6.07) is 16.5. The molecule has 0 spiro atoms. The Labute approximate surface area is 141 Å². The van der Waals surface area contributed by atoms with E-state index in [1.165, 1.54) is 0 Å². The van der Waals surface area contributed by atoms with Gasteiger partial charge in [-0.1, -0.05) is 49.2 Å². The number of ether oxygens (including phenoxy) is 1. The Balaban J connectivity index is 1.59. The molecule has 0 aliphatic heterocycles. The summed E-state index contributed by atoms with van der Waals surface area (Å²) >= 11 is 0. The molecule has 0 aromatic heterocycles. The number of carbonyl (C=O) groups excluding carboxylic acids is 2. The third-order valence-corrected chi connectivity index (χ3v) is 4.30. The SMILES string of the molecule is O=C(NCc1ccccc1)c1cccc(OC(=O)C2CCCC2)c1. The fraction of sp³-hybridized carbons (Fsp3) is 0.300. The largest absolute Gasteiger partial charge is 0.426 e. The van der Waals surface area contributed by atoms with Crippen LogP contribution in [0, 0.1) is 5.92 Å². The highest BCUT2D eigenvalue weighted by molar-refractivity contribution is 5.94. The van der Waals surface area contributed by atoms with Gasteiger partial charge in [-0.2, -0.15) is 0 Å². The highest BCUT2D eigenvalue weighted by Crippen LogP contribution is 2.26. The van der Waals surface area contributed by atoms with Crippen LogP contribution in [0.15, 0.2) is 54.6 Å². The number of hydrogen-bond acceptors (Lipinski definition) is 3. The van der Waals surface area contributed by atoms with Gasteiger partial charge in [0.25, 0.3) is 5.91 Å². The first-order valence-corrected chi connectivity index (χ1v) is 8.36. The molecule has 1 saturated carbocycles. The van der Waals surface area contributed by atoms with E-state index >= 15 is 0 Å². The molecular formula is C20H21NO3. The maximum absolute atomic E-state index is 12.3. The van der Waals surface area contributed by atoms with Gasteiger partial charge in [0.2, 0.25) is 0 Å². The molecule has 0 bridgehead atoms. The first kappa shape index (κ1) is 16.2. The second kappa shape index (κ2) is 7.77. The van der Waals surface area contributed by atoms with Crippen molar-refractivity contribution >= 4 is 11.9 Å². The number of nitrogens with one attached hydrogen (secondary N) is 1. The number of rotatable bonds is 5. The van der Waals surface area contributed by atoms with E-state index < -0.39 is 0 Å². The maximum atomic E-state index is 12.3. The van der Waals surface area contributed by atoms with Crippen molar-refractivity contribution in [1.82, 2.24) is 5.32 Å². The Bertz CT molecular complexity index is 706. The number of amides is 1. The Hall–Kier alpha value is -2.62. The average Bonchev–Trinajstić information content (AvgIpc) is 3.15. The van der Waals surface area contributed by atoms with Crippen LogP contribution in [0.25, 0.3) is 0 Å². The molecule has 0 heterocycles. The number of esters is 1. The van der Waals surface area contributed by atoms with Crippen molar-refractivity contribution < 1.29 is 14.3 Å². The van der Waals surface area contributed by atoms with Gasteiger partial charge < -0.3 is 10.1 Å². The minimum atomic E-state index is -0.186. The topological polar surface area (TPSA) is 55.4 Å². The minimum Gasteiger partial charge on any atom is -0.426 e. The monoisotopic (exact) mass is 323 g/mol. The molecule has 1 aliphatic carbocycles. The Morgan fingerprint density at radius 1 is 1.00 bits per heavy atom. The van der Waals surface area contributed by atoms with Crippen molar-refractivity contribution in [2.24, 2.45) is 5.92 Å². The Kier molecular flexibility index (Phi) is 5.26. The van der Waals surface area contributed by atoms with Crippen LogP contribution in [0.2, 0.25) is 0 Å². The van der Waals surface area contributed by atoms with Crippen molar-refractivity contribution in [3.05, 3.63) is 65.7 Å². The summed E-state index contributed by atoms with van der Waals surface area (Å²) < 4.78 is 5.43. The van der Waals surface area contributed by atoms with Crippen LogP contribution >= 0.6 is 0 Å². The standard InChI is InChI=1S/C20H21NO3/c22-19(21-14-15-7-2-1-3-8-15)17-11-6-12-18(13-17)24-20(23)16-9-4-5-10-16/h1-3,6-8,11-13,16H,4-5,9-10,14H2,(H,21,22). The van der Waals surface area contributed by atoms with E-state index in [0.717, 1.165) is 31.2 Å². The molecule has 1 N–H and O–H groups in total. The Morgan fingerprint density at radius 3 is 2.50 bits per heavy atom. The van der Waals surface area contributed by atoms with Crippen molar-refractivity contribution in [2.75, 3.05) is 0 Å². The van der Waals surface area contributed by atoms with E-state index in [0.29, 0.717) is 17.9 Å². The van der Waals surface area contributed by atoms with Crippen molar-refractivity contribution in [3.63, 3.8) is 0 Å². The van der Waals surface area contributed by atoms with Gasteiger partial charge in [-0.25, -0.2) is 0 Å². The van der Waals surface area contributed by atoms with Gasteiger partial charge in [0.1, 0.15) is 5.75 Å². The summed E-state index contributed by atoms with van der Waals surface area (Å²) in [6.07, 6.45) is 3.97. The zero-order chi connectivity index (χ0) is 16.8. The van der Waals surface area contributed by atoms with Crippen LogP contribution in [0.4, 0.5) is 0 Å². The predicted octanol–water partition coefficient (Wildman–Crippen LogP) is 3.71. The zero-order valence-electron chi connectivity index (χ0n) is 13.5. The molecule has 2 aromatic carbocycles. The van der Waals surface area contributed by atoms with Gasteiger partial charge in [-0.3, -0.25) is 9.59 Å².